The molecular formula is C23H29N3O6. The first-order valence-corrected chi connectivity index (χ1v) is 11.4. The van der Waals surface area contributed by atoms with E-state index < -0.39 is 4.92 Å². The van der Waals surface area contributed by atoms with Gasteiger partial charge in [-0.25, -0.2) is 4.90 Å². The van der Waals surface area contributed by atoms with Gasteiger partial charge >= 0.3 is 5.97 Å². The number of carbonyl (C=O) groups is 3. The monoisotopic (exact) mass is 443 g/mol. The molecule has 0 aromatic heterocycles. The molecule has 4 rings (SSSR count). The van der Waals surface area contributed by atoms with Gasteiger partial charge in [-0.1, -0.05) is 6.92 Å². The van der Waals surface area contributed by atoms with Crippen LogP contribution >= 0.6 is 0 Å². The molecule has 1 aromatic rings. The highest BCUT2D eigenvalue weighted by atomic mass is 16.6. The molecule has 0 spiro atoms. The number of ether oxygens (including phenoxy) is 1. The molecule has 0 unspecified atom stereocenters. The van der Waals surface area contributed by atoms with Crippen LogP contribution in [-0.4, -0.2) is 42.4 Å². The number of carbonyl (C=O) groups excluding carboxylic acids is 3. The summed E-state index contributed by atoms with van der Waals surface area (Å²) in [4.78, 5) is 52.4. The summed E-state index contributed by atoms with van der Waals surface area (Å²) in [6.45, 7) is 5.17. The van der Waals surface area contributed by atoms with Gasteiger partial charge in [-0.3, -0.25) is 24.5 Å². The highest BCUT2D eigenvalue weighted by molar-refractivity contribution is 6.22. The molecule has 2 amide bonds. The number of nitro benzene ring substituents is 1. The maximum Gasteiger partial charge on any atom is 0.309 e. The van der Waals surface area contributed by atoms with E-state index in [0.717, 1.165) is 11.3 Å². The van der Waals surface area contributed by atoms with Crippen molar-refractivity contribution in [2.24, 2.45) is 23.7 Å². The smallest absolute Gasteiger partial charge is 0.309 e. The number of imide groups is 1. The van der Waals surface area contributed by atoms with Crippen molar-refractivity contribution in [2.75, 3.05) is 29.5 Å². The van der Waals surface area contributed by atoms with Gasteiger partial charge in [0.15, 0.2) is 0 Å². The first-order chi connectivity index (χ1) is 15.3. The van der Waals surface area contributed by atoms with Crippen LogP contribution in [0.2, 0.25) is 0 Å². The van der Waals surface area contributed by atoms with Gasteiger partial charge in [0.1, 0.15) is 5.69 Å². The van der Waals surface area contributed by atoms with E-state index in [1.807, 2.05) is 4.90 Å². The van der Waals surface area contributed by atoms with E-state index in [-0.39, 0.29) is 46.9 Å². The van der Waals surface area contributed by atoms with Gasteiger partial charge in [0.25, 0.3) is 5.69 Å². The van der Waals surface area contributed by atoms with Crippen LogP contribution in [0, 0.1) is 33.8 Å². The van der Waals surface area contributed by atoms with Crippen molar-refractivity contribution in [3.05, 3.63) is 28.3 Å². The Morgan fingerprint density at radius 3 is 2.47 bits per heavy atom. The number of hydrogen-bond donors (Lipinski definition) is 0. The van der Waals surface area contributed by atoms with Crippen molar-refractivity contribution < 1.29 is 24.0 Å². The fourth-order valence-corrected chi connectivity index (χ4v) is 5.32. The summed E-state index contributed by atoms with van der Waals surface area (Å²) in [5, 5.41) is 11.9. The van der Waals surface area contributed by atoms with Crippen LogP contribution in [-0.2, 0) is 19.1 Å². The van der Waals surface area contributed by atoms with E-state index in [4.69, 9.17) is 4.74 Å². The summed E-state index contributed by atoms with van der Waals surface area (Å²) in [7, 11) is 0. The minimum absolute atomic E-state index is 0.138. The third-order valence-electron chi connectivity index (χ3n) is 7.06. The van der Waals surface area contributed by atoms with Gasteiger partial charge in [-0.2, -0.15) is 0 Å². The summed E-state index contributed by atoms with van der Waals surface area (Å²) in [5.41, 5.74) is 0.561. The number of nitrogens with zero attached hydrogens (tertiary/aromatic N) is 3. The third kappa shape index (κ3) is 3.96. The van der Waals surface area contributed by atoms with Gasteiger partial charge in [-0.15, -0.1) is 0 Å². The maximum absolute atomic E-state index is 13.0. The fourth-order valence-electron chi connectivity index (χ4n) is 5.32. The number of amides is 2. The molecule has 2 aliphatic heterocycles. The highest BCUT2D eigenvalue weighted by Gasteiger charge is 2.50. The quantitative estimate of drug-likeness (QED) is 0.297. The van der Waals surface area contributed by atoms with Crippen molar-refractivity contribution in [3.63, 3.8) is 0 Å². The minimum Gasteiger partial charge on any atom is -0.466 e. The summed E-state index contributed by atoms with van der Waals surface area (Å²) in [6, 6.07) is 4.57. The molecule has 9 heteroatoms. The standard InChI is InChI=1S/C23H29N3O6/c1-3-32-23(29)15-8-10-24(11-9-15)19-7-5-16(13-20(19)26(30)31)25-21(27)17-6-4-14(2)12-18(17)22(25)28/h5,7,13-15,17-18H,3-4,6,8-12H2,1-2H3/t14-,17-,18-/m1/s1. The molecule has 1 aromatic carbocycles. The molecule has 9 nitrogen and oxygen atoms in total. The van der Waals surface area contributed by atoms with Crippen molar-refractivity contribution >= 4 is 34.8 Å². The number of nitro groups is 1. The lowest BCUT2D eigenvalue weighted by Gasteiger charge is -2.32. The second kappa shape index (κ2) is 8.88. The van der Waals surface area contributed by atoms with E-state index in [9.17, 15) is 24.5 Å². The number of fused-ring (bicyclic) bond motifs is 1. The lowest BCUT2D eigenvalue weighted by atomic mass is 9.76. The third-order valence-corrected chi connectivity index (χ3v) is 7.06. The van der Waals surface area contributed by atoms with Gasteiger partial charge in [0.2, 0.25) is 11.8 Å². The van der Waals surface area contributed by atoms with E-state index in [1.165, 1.54) is 6.07 Å². The SMILES string of the molecule is CCOC(=O)C1CCN(c2ccc(N3C(=O)[C@@H]4CC[C@@H](C)C[C@H]4C3=O)cc2[N+](=O)[O-])CC1. The molecule has 2 heterocycles. The zero-order valence-corrected chi connectivity index (χ0v) is 18.5. The van der Waals surface area contributed by atoms with Gasteiger partial charge in [-0.05, 0) is 57.1 Å². The summed E-state index contributed by atoms with van der Waals surface area (Å²) >= 11 is 0. The lowest BCUT2D eigenvalue weighted by Crippen LogP contribution is -2.37. The number of hydrogen-bond acceptors (Lipinski definition) is 7. The number of anilines is 2. The molecule has 0 bridgehead atoms. The van der Waals surface area contributed by atoms with Crippen LogP contribution < -0.4 is 9.80 Å². The predicted molar refractivity (Wildman–Crippen MR) is 117 cm³/mol. The van der Waals surface area contributed by atoms with Crippen LogP contribution in [0.4, 0.5) is 17.1 Å². The lowest BCUT2D eigenvalue weighted by molar-refractivity contribution is -0.384. The number of benzene rings is 1. The van der Waals surface area contributed by atoms with E-state index >= 15 is 0 Å². The molecule has 3 atom stereocenters. The zero-order chi connectivity index (χ0) is 23.0. The largest absolute Gasteiger partial charge is 0.466 e. The van der Waals surface area contributed by atoms with Gasteiger partial charge in [0.05, 0.1) is 35.0 Å². The van der Waals surface area contributed by atoms with Gasteiger partial charge < -0.3 is 9.64 Å². The van der Waals surface area contributed by atoms with E-state index in [0.29, 0.717) is 57.0 Å². The number of rotatable bonds is 5. The maximum atomic E-state index is 13.0. The van der Waals surface area contributed by atoms with Crippen molar-refractivity contribution in [2.45, 2.75) is 46.0 Å². The average molecular weight is 444 g/mol. The number of esters is 1. The highest BCUT2D eigenvalue weighted by Crippen LogP contribution is 2.43. The Morgan fingerprint density at radius 2 is 1.81 bits per heavy atom. The number of piperidine rings is 1. The van der Waals surface area contributed by atoms with Crippen molar-refractivity contribution in [1.29, 1.82) is 0 Å². The van der Waals surface area contributed by atoms with Gasteiger partial charge in [0, 0.05) is 19.2 Å². The Labute approximate surface area is 186 Å². The Kier molecular flexibility index (Phi) is 6.17. The normalized spacial score (nSPS) is 26.2. The van der Waals surface area contributed by atoms with Crippen LogP contribution in [0.15, 0.2) is 18.2 Å². The molecule has 3 aliphatic rings. The first-order valence-electron chi connectivity index (χ1n) is 11.4. The minimum atomic E-state index is -0.476. The summed E-state index contributed by atoms with van der Waals surface area (Å²) in [6.07, 6.45) is 3.39. The van der Waals surface area contributed by atoms with Crippen LogP contribution in [0.1, 0.15) is 46.0 Å². The van der Waals surface area contributed by atoms with E-state index in [1.54, 1.807) is 19.1 Å². The van der Waals surface area contributed by atoms with Crippen molar-refractivity contribution in [1.82, 2.24) is 0 Å². The molecule has 172 valence electrons. The predicted octanol–water partition coefficient (Wildman–Crippen LogP) is 3.30. The van der Waals surface area contributed by atoms with Crippen LogP contribution in [0.3, 0.4) is 0 Å². The first kappa shape index (κ1) is 22.2. The van der Waals surface area contributed by atoms with E-state index in [2.05, 4.69) is 6.92 Å². The Bertz CT molecular complexity index is 940. The zero-order valence-electron chi connectivity index (χ0n) is 18.5. The molecule has 2 saturated heterocycles. The molecule has 3 fully saturated rings. The Morgan fingerprint density at radius 1 is 1.12 bits per heavy atom. The Hall–Kier alpha value is -2.97. The molecule has 32 heavy (non-hydrogen) atoms. The molecule has 1 aliphatic carbocycles. The summed E-state index contributed by atoms with van der Waals surface area (Å²) < 4.78 is 5.09. The van der Waals surface area contributed by atoms with Crippen LogP contribution in [0.5, 0.6) is 0 Å². The molecule has 1 saturated carbocycles. The molecule has 0 N–H and O–H groups in total. The molecule has 0 radical (unpaired) electrons. The second-order valence-corrected chi connectivity index (χ2v) is 9.09. The second-order valence-electron chi connectivity index (χ2n) is 9.09. The van der Waals surface area contributed by atoms with Crippen molar-refractivity contribution in [3.8, 4) is 0 Å². The summed E-state index contributed by atoms with van der Waals surface area (Å²) in [5.74, 6) is -1.17. The van der Waals surface area contributed by atoms with Crippen LogP contribution in [0.25, 0.3) is 0 Å². The topological polar surface area (TPSA) is 110 Å². The Balaban J connectivity index is 1.56. The average Bonchev–Trinajstić information content (AvgIpc) is 3.03. The fraction of sp³-hybridized carbons (Fsp3) is 0.609. The molecular weight excluding hydrogens is 414 g/mol.